The molecule has 1 aromatic rings. The van der Waals surface area contributed by atoms with Gasteiger partial charge in [0.05, 0.1) is 6.04 Å². The van der Waals surface area contributed by atoms with Gasteiger partial charge in [-0.1, -0.05) is 51.4 Å². The maximum absolute atomic E-state index is 13.1. The van der Waals surface area contributed by atoms with Crippen molar-refractivity contribution in [1.29, 1.82) is 0 Å². The molecule has 1 saturated carbocycles. The number of halogens is 1. The number of hydrogen-bond acceptors (Lipinski definition) is 6. The van der Waals surface area contributed by atoms with Gasteiger partial charge in [-0.15, -0.1) is 0 Å². The fourth-order valence-electron chi connectivity index (χ4n) is 3.51. The lowest BCUT2D eigenvalue weighted by Gasteiger charge is -2.38. The molecule has 0 amide bonds. The summed E-state index contributed by atoms with van der Waals surface area (Å²) in [5.74, 6) is 0.175. The van der Waals surface area contributed by atoms with Gasteiger partial charge in [0, 0.05) is 47.7 Å². The number of ketones is 1. The van der Waals surface area contributed by atoms with E-state index in [-0.39, 0.29) is 17.0 Å². The van der Waals surface area contributed by atoms with Gasteiger partial charge in [0.1, 0.15) is 0 Å². The van der Waals surface area contributed by atoms with E-state index in [1.54, 1.807) is 21.6 Å². The van der Waals surface area contributed by atoms with Crippen LogP contribution in [0.2, 0.25) is 5.02 Å². The number of piperidine rings is 1. The first-order chi connectivity index (χ1) is 13.5. The lowest BCUT2D eigenvalue weighted by atomic mass is 9.94. The number of nitrogens with two attached hydrogens (primary N) is 1. The Labute approximate surface area is 178 Å². The number of rotatable bonds is 9. The molecule has 8 heteroatoms. The molecule has 152 valence electrons. The van der Waals surface area contributed by atoms with Crippen molar-refractivity contribution in [1.82, 2.24) is 4.90 Å². The highest BCUT2D eigenvalue weighted by Crippen LogP contribution is 2.42. The number of Topliss-reactive ketones (excluding diaryl/α,β-unsaturated/α-hetero) is 1. The van der Waals surface area contributed by atoms with Crippen molar-refractivity contribution in [2.45, 2.75) is 30.6 Å². The van der Waals surface area contributed by atoms with E-state index in [1.165, 1.54) is 6.08 Å². The minimum atomic E-state index is -0.950. The highest BCUT2D eigenvalue weighted by atomic mass is 35.5. The summed E-state index contributed by atoms with van der Waals surface area (Å²) in [4.78, 5) is 26.6. The summed E-state index contributed by atoms with van der Waals surface area (Å²) in [6.45, 7) is 1.78. The van der Waals surface area contributed by atoms with E-state index in [2.05, 4.69) is 4.90 Å². The van der Waals surface area contributed by atoms with Crippen LogP contribution >= 0.6 is 33.2 Å². The Morgan fingerprint density at radius 3 is 2.71 bits per heavy atom. The predicted octanol–water partition coefficient (Wildman–Crippen LogP) is 3.79. The Kier molecular flexibility index (Phi) is 7.88. The van der Waals surface area contributed by atoms with Gasteiger partial charge >= 0.3 is 5.97 Å². The molecular weight excluding hydrogens is 416 g/mol. The highest BCUT2D eigenvalue weighted by Gasteiger charge is 2.41. The van der Waals surface area contributed by atoms with Gasteiger partial charge in [0.25, 0.3) is 0 Å². The lowest BCUT2D eigenvalue weighted by molar-refractivity contribution is -0.131. The quantitative estimate of drug-likeness (QED) is 0.343. The first-order valence-corrected chi connectivity index (χ1v) is 12.2. The molecule has 1 aliphatic carbocycles. The van der Waals surface area contributed by atoms with Crippen LogP contribution in [0.5, 0.6) is 0 Å². The molecule has 28 heavy (non-hydrogen) atoms. The van der Waals surface area contributed by atoms with Crippen LogP contribution in [0, 0.1) is 5.92 Å². The van der Waals surface area contributed by atoms with Crippen LogP contribution < -0.4 is 5.73 Å². The molecular formula is C20H25ClN2O3S2. The van der Waals surface area contributed by atoms with Crippen molar-refractivity contribution in [3.8, 4) is 0 Å². The van der Waals surface area contributed by atoms with Crippen LogP contribution in [0.4, 0.5) is 0 Å². The average molecular weight is 441 g/mol. The summed E-state index contributed by atoms with van der Waals surface area (Å²) in [5.41, 5.74) is 7.23. The molecule has 1 aromatic carbocycles. The Bertz CT molecular complexity index is 755. The smallest absolute Gasteiger partial charge is 0.328 e. The molecule has 3 rings (SSSR count). The summed E-state index contributed by atoms with van der Waals surface area (Å²) < 4.78 is 0. The minimum absolute atomic E-state index is 0.0976. The van der Waals surface area contributed by atoms with Gasteiger partial charge in [-0.05, 0) is 36.5 Å². The lowest BCUT2D eigenvalue weighted by Crippen LogP contribution is -2.43. The van der Waals surface area contributed by atoms with Gasteiger partial charge in [0.2, 0.25) is 0 Å². The summed E-state index contributed by atoms with van der Waals surface area (Å²) in [6.07, 6.45) is 3.96. The van der Waals surface area contributed by atoms with Crippen molar-refractivity contribution in [3.63, 3.8) is 0 Å². The third kappa shape index (κ3) is 5.54. The van der Waals surface area contributed by atoms with Crippen molar-refractivity contribution in [2.24, 2.45) is 11.7 Å². The molecule has 2 fully saturated rings. The number of hydrogen-bond donors (Lipinski definition) is 2. The third-order valence-electron chi connectivity index (χ3n) is 4.99. The van der Waals surface area contributed by atoms with Crippen molar-refractivity contribution in [2.75, 3.05) is 25.4 Å². The minimum Gasteiger partial charge on any atom is -0.478 e. The predicted molar refractivity (Wildman–Crippen MR) is 117 cm³/mol. The highest BCUT2D eigenvalue weighted by molar-refractivity contribution is 8.77. The molecule has 0 radical (unpaired) electrons. The number of carboxylic acid groups (broad SMARTS) is 1. The zero-order valence-electron chi connectivity index (χ0n) is 15.6. The molecule has 3 N–H and O–H groups in total. The third-order valence-corrected chi connectivity index (χ3v) is 8.24. The largest absolute Gasteiger partial charge is 0.478 e. The summed E-state index contributed by atoms with van der Waals surface area (Å²) in [6, 6.07) is 7.06. The maximum atomic E-state index is 13.1. The molecule has 1 aliphatic heterocycles. The van der Waals surface area contributed by atoms with Crippen LogP contribution in [0.15, 0.2) is 35.9 Å². The van der Waals surface area contributed by atoms with Gasteiger partial charge in [-0.25, -0.2) is 4.79 Å². The normalized spacial score (nSPS) is 22.9. The summed E-state index contributed by atoms with van der Waals surface area (Å²) >= 11 is 6.43. The fraction of sp³-hybridized carbons (Fsp3) is 0.500. The van der Waals surface area contributed by atoms with E-state index in [9.17, 15) is 14.7 Å². The van der Waals surface area contributed by atoms with Crippen molar-refractivity contribution in [3.05, 3.63) is 46.5 Å². The molecule has 1 heterocycles. The van der Waals surface area contributed by atoms with Crippen molar-refractivity contribution >= 4 is 44.9 Å². The second-order valence-corrected chi connectivity index (χ2v) is 10.2. The number of nitrogens with zero attached hydrogens (tertiary/aromatic N) is 1. The van der Waals surface area contributed by atoms with E-state index in [4.69, 9.17) is 17.3 Å². The molecule has 0 spiro atoms. The first kappa shape index (κ1) is 21.7. The zero-order valence-corrected chi connectivity index (χ0v) is 17.9. The molecule has 2 unspecified atom stereocenters. The summed E-state index contributed by atoms with van der Waals surface area (Å²) in [5, 5.41) is 10.0. The Morgan fingerprint density at radius 2 is 2.07 bits per heavy atom. The van der Waals surface area contributed by atoms with Crippen LogP contribution in [-0.4, -0.2) is 52.4 Å². The van der Waals surface area contributed by atoms with Gasteiger partial charge in [-0.2, -0.15) is 0 Å². The van der Waals surface area contributed by atoms with E-state index in [0.29, 0.717) is 18.1 Å². The molecule has 2 aliphatic rings. The van der Waals surface area contributed by atoms with Gasteiger partial charge < -0.3 is 10.8 Å². The number of carboxylic acids is 1. The molecule has 2 atom stereocenters. The standard InChI is InChI=1S/C20H25ClN2O3S2/c21-16-4-2-1-3-15(16)19(20(26)13-5-6-13)23-9-7-17(28-27-10-8-22)14(12-23)11-18(24)25/h1-4,11,13,17,19H,5-10,12,22H2,(H,24,25)/b14-11-. The fourth-order valence-corrected chi connectivity index (χ4v) is 6.30. The number of aliphatic carboxylic acids is 1. The summed E-state index contributed by atoms with van der Waals surface area (Å²) in [7, 11) is 3.35. The van der Waals surface area contributed by atoms with Gasteiger partial charge in [0.15, 0.2) is 5.78 Å². The Balaban J connectivity index is 1.84. The number of benzene rings is 1. The van der Waals surface area contributed by atoms with Crippen LogP contribution in [0.1, 0.15) is 30.9 Å². The number of carbonyl (C=O) groups is 2. The SMILES string of the molecule is NCCSSC1CCN(C(C(=O)C2CC2)c2ccccc2Cl)C/C1=C/C(=O)O. The zero-order chi connectivity index (χ0) is 20.1. The molecule has 5 nitrogen and oxygen atoms in total. The van der Waals surface area contributed by atoms with E-state index >= 15 is 0 Å². The maximum Gasteiger partial charge on any atom is 0.328 e. The molecule has 0 bridgehead atoms. The molecule has 0 aromatic heterocycles. The van der Waals surface area contributed by atoms with E-state index in [0.717, 1.165) is 42.7 Å². The van der Waals surface area contributed by atoms with E-state index in [1.807, 2.05) is 24.3 Å². The number of likely N-dealkylation sites (tertiary alicyclic amines) is 1. The molecule has 1 saturated heterocycles. The van der Waals surface area contributed by atoms with Crippen molar-refractivity contribution < 1.29 is 14.7 Å². The Morgan fingerprint density at radius 1 is 1.32 bits per heavy atom. The first-order valence-electron chi connectivity index (χ1n) is 9.45. The van der Waals surface area contributed by atoms with Crippen LogP contribution in [0.25, 0.3) is 0 Å². The Hall–Kier alpha value is -0.990. The number of carbonyl (C=O) groups excluding carboxylic acids is 1. The van der Waals surface area contributed by atoms with Crippen LogP contribution in [-0.2, 0) is 9.59 Å². The average Bonchev–Trinajstić information content (AvgIpc) is 3.50. The van der Waals surface area contributed by atoms with Gasteiger partial charge in [-0.3, -0.25) is 9.69 Å². The topological polar surface area (TPSA) is 83.6 Å². The monoisotopic (exact) mass is 440 g/mol. The van der Waals surface area contributed by atoms with E-state index < -0.39 is 12.0 Å². The van der Waals surface area contributed by atoms with Crippen LogP contribution in [0.3, 0.4) is 0 Å². The second-order valence-electron chi connectivity index (χ2n) is 7.11. The second kappa shape index (κ2) is 10.2.